The zero-order valence-electron chi connectivity index (χ0n) is 15.5. The van der Waals surface area contributed by atoms with Crippen molar-refractivity contribution in [1.29, 1.82) is 0 Å². The summed E-state index contributed by atoms with van der Waals surface area (Å²) >= 11 is 0. The molecule has 1 heterocycles. The molecule has 0 spiro atoms. The second kappa shape index (κ2) is 9.70. The van der Waals surface area contributed by atoms with Crippen LogP contribution in [0.15, 0.2) is 23.2 Å². The number of benzene rings is 1. The lowest BCUT2D eigenvalue weighted by Gasteiger charge is -2.35. The predicted octanol–water partition coefficient (Wildman–Crippen LogP) is 2.94. The Balaban J connectivity index is 1.86. The SMILES string of the molecule is CCNC(=NCCc1cc(F)cc(F)c1)NC1CCN(C(C)C)CC1. The average molecular weight is 352 g/mol. The fourth-order valence-corrected chi connectivity index (χ4v) is 3.13. The van der Waals surface area contributed by atoms with Gasteiger partial charge in [0.15, 0.2) is 5.96 Å². The number of nitrogens with zero attached hydrogens (tertiary/aromatic N) is 2. The van der Waals surface area contributed by atoms with Crippen LogP contribution in [0.1, 0.15) is 39.2 Å². The van der Waals surface area contributed by atoms with Gasteiger partial charge in [-0.25, -0.2) is 8.78 Å². The molecule has 0 unspecified atom stereocenters. The molecule has 0 radical (unpaired) electrons. The first-order valence-corrected chi connectivity index (χ1v) is 9.21. The van der Waals surface area contributed by atoms with Crippen LogP contribution in [-0.4, -0.2) is 49.1 Å². The molecule has 2 N–H and O–H groups in total. The Bertz CT molecular complexity index is 546. The molecule has 25 heavy (non-hydrogen) atoms. The highest BCUT2D eigenvalue weighted by Crippen LogP contribution is 2.13. The largest absolute Gasteiger partial charge is 0.357 e. The molecule has 0 atom stereocenters. The third-order valence-electron chi connectivity index (χ3n) is 4.54. The van der Waals surface area contributed by atoms with E-state index < -0.39 is 11.6 Å². The lowest BCUT2D eigenvalue weighted by atomic mass is 10.0. The Labute approximate surface area is 149 Å². The third-order valence-corrected chi connectivity index (χ3v) is 4.54. The van der Waals surface area contributed by atoms with Crippen molar-refractivity contribution in [2.45, 2.75) is 52.1 Å². The summed E-state index contributed by atoms with van der Waals surface area (Å²) in [6.07, 6.45) is 2.70. The van der Waals surface area contributed by atoms with Crippen LogP contribution in [0.5, 0.6) is 0 Å². The van der Waals surface area contributed by atoms with E-state index in [1.54, 1.807) is 0 Å². The summed E-state index contributed by atoms with van der Waals surface area (Å²) in [6, 6.07) is 4.62. The van der Waals surface area contributed by atoms with Gasteiger partial charge in [-0.1, -0.05) is 0 Å². The number of piperidine rings is 1. The van der Waals surface area contributed by atoms with Crippen LogP contribution < -0.4 is 10.6 Å². The Morgan fingerprint density at radius 3 is 2.40 bits per heavy atom. The van der Waals surface area contributed by atoms with Crippen molar-refractivity contribution >= 4 is 5.96 Å². The number of likely N-dealkylation sites (tertiary alicyclic amines) is 1. The van der Waals surface area contributed by atoms with E-state index in [1.165, 1.54) is 12.1 Å². The lowest BCUT2D eigenvalue weighted by Crippen LogP contribution is -2.49. The summed E-state index contributed by atoms with van der Waals surface area (Å²) in [5, 5.41) is 6.74. The van der Waals surface area contributed by atoms with Crippen LogP contribution in [-0.2, 0) is 6.42 Å². The first-order chi connectivity index (χ1) is 12.0. The second-order valence-corrected chi connectivity index (χ2v) is 6.84. The Morgan fingerprint density at radius 2 is 1.84 bits per heavy atom. The van der Waals surface area contributed by atoms with Crippen LogP contribution in [0.4, 0.5) is 8.78 Å². The van der Waals surface area contributed by atoms with Crippen molar-refractivity contribution in [1.82, 2.24) is 15.5 Å². The number of hydrogen-bond donors (Lipinski definition) is 2. The maximum atomic E-state index is 13.2. The number of hydrogen-bond acceptors (Lipinski definition) is 2. The third kappa shape index (κ3) is 6.61. The van der Waals surface area contributed by atoms with Crippen molar-refractivity contribution in [3.05, 3.63) is 35.4 Å². The quantitative estimate of drug-likeness (QED) is 0.611. The highest BCUT2D eigenvalue weighted by molar-refractivity contribution is 5.80. The second-order valence-electron chi connectivity index (χ2n) is 6.84. The van der Waals surface area contributed by atoms with E-state index in [-0.39, 0.29) is 0 Å². The molecule has 0 aliphatic carbocycles. The van der Waals surface area contributed by atoms with Gasteiger partial charge in [-0.05, 0) is 57.7 Å². The first-order valence-electron chi connectivity index (χ1n) is 9.21. The fourth-order valence-electron chi connectivity index (χ4n) is 3.13. The molecule has 2 rings (SSSR count). The molecule has 1 saturated heterocycles. The van der Waals surface area contributed by atoms with Crippen molar-refractivity contribution < 1.29 is 8.78 Å². The van der Waals surface area contributed by atoms with Gasteiger partial charge >= 0.3 is 0 Å². The molecule has 1 fully saturated rings. The molecule has 0 saturated carbocycles. The molecule has 1 aliphatic heterocycles. The molecule has 0 bridgehead atoms. The molecule has 1 aliphatic rings. The minimum atomic E-state index is -0.541. The standard InChI is InChI=1S/C19H30F2N4/c1-4-22-19(24-18-6-9-25(10-7-18)14(2)3)23-8-5-15-11-16(20)13-17(21)12-15/h11-14,18H,4-10H2,1-3H3,(H2,22,23,24). The molecule has 4 nitrogen and oxygen atoms in total. The van der Waals surface area contributed by atoms with Gasteiger partial charge in [0, 0.05) is 44.3 Å². The number of nitrogens with one attached hydrogen (secondary N) is 2. The molecule has 0 amide bonds. The summed E-state index contributed by atoms with van der Waals surface area (Å²) < 4.78 is 26.5. The Morgan fingerprint density at radius 1 is 1.20 bits per heavy atom. The topological polar surface area (TPSA) is 39.7 Å². The molecule has 0 aromatic heterocycles. The van der Waals surface area contributed by atoms with Gasteiger partial charge in [-0.2, -0.15) is 0 Å². The van der Waals surface area contributed by atoms with Crippen LogP contribution >= 0.6 is 0 Å². The molecular weight excluding hydrogens is 322 g/mol. The fraction of sp³-hybridized carbons (Fsp3) is 0.632. The van der Waals surface area contributed by atoms with Gasteiger partial charge in [0.25, 0.3) is 0 Å². The maximum Gasteiger partial charge on any atom is 0.191 e. The van der Waals surface area contributed by atoms with E-state index in [0.29, 0.717) is 30.6 Å². The van der Waals surface area contributed by atoms with Gasteiger partial charge < -0.3 is 15.5 Å². The maximum absolute atomic E-state index is 13.2. The van der Waals surface area contributed by atoms with Gasteiger partial charge in [0.1, 0.15) is 11.6 Å². The summed E-state index contributed by atoms with van der Waals surface area (Å²) in [4.78, 5) is 7.04. The van der Waals surface area contributed by atoms with Crippen molar-refractivity contribution in [3.8, 4) is 0 Å². The van der Waals surface area contributed by atoms with Crippen molar-refractivity contribution in [2.75, 3.05) is 26.2 Å². The summed E-state index contributed by atoms with van der Waals surface area (Å²) in [7, 11) is 0. The molecule has 1 aromatic rings. The summed E-state index contributed by atoms with van der Waals surface area (Å²) in [5.74, 6) is -0.302. The highest BCUT2D eigenvalue weighted by Gasteiger charge is 2.21. The number of guanidine groups is 1. The van der Waals surface area contributed by atoms with E-state index in [1.807, 2.05) is 6.92 Å². The van der Waals surface area contributed by atoms with E-state index in [9.17, 15) is 8.78 Å². The van der Waals surface area contributed by atoms with Gasteiger partial charge in [0.2, 0.25) is 0 Å². The monoisotopic (exact) mass is 352 g/mol. The molecule has 6 heteroatoms. The average Bonchev–Trinajstić information content (AvgIpc) is 2.54. The van der Waals surface area contributed by atoms with Crippen LogP contribution in [0.2, 0.25) is 0 Å². The number of aliphatic imine (C=N–C) groups is 1. The minimum Gasteiger partial charge on any atom is -0.357 e. The van der Waals surface area contributed by atoms with E-state index in [0.717, 1.165) is 44.5 Å². The zero-order chi connectivity index (χ0) is 18.2. The van der Waals surface area contributed by atoms with Gasteiger partial charge in [0.05, 0.1) is 0 Å². The Kier molecular flexibility index (Phi) is 7.62. The zero-order valence-corrected chi connectivity index (χ0v) is 15.5. The van der Waals surface area contributed by atoms with E-state index >= 15 is 0 Å². The van der Waals surface area contributed by atoms with Crippen LogP contribution in [0.25, 0.3) is 0 Å². The first kappa shape index (κ1) is 19.6. The van der Waals surface area contributed by atoms with Crippen molar-refractivity contribution in [2.24, 2.45) is 4.99 Å². The predicted molar refractivity (Wildman–Crippen MR) is 98.9 cm³/mol. The van der Waals surface area contributed by atoms with E-state index in [2.05, 4.69) is 34.4 Å². The molecule has 1 aromatic carbocycles. The van der Waals surface area contributed by atoms with Crippen molar-refractivity contribution in [3.63, 3.8) is 0 Å². The highest BCUT2D eigenvalue weighted by atomic mass is 19.1. The van der Waals surface area contributed by atoms with Gasteiger partial charge in [-0.3, -0.25) is 4.99 Å². The Hall–Kier alpha value is -1.69. The lowest BCUT2D eigenvalue weighted by molar-refractivity contribution is 0.167. The number of halogens is 2. The molecular formula is C19H30F2N4. The molecule has 140 valence electrons. The van der Waals surface area contributed by atoms with E-state index in [4.69, 9.17) is 0 Å². The van der Waals surface area contributed by atoms with Crippen LogP contribution in [0.3, 0.4) is 0 Å². The number of rotatable bonds is 6. The normalized spacial score (nSPS) is 17.1. The summed E-state index contributed by atoms with van der Waals surface area (Å²) in [6.45, 7) is 9.95. The summed E-state index contributed by atoms with van der Waals surface area (Å²) in [5.41, 5.74) is 0.627. The smallest absolute Gasteiger partial charge is 0.191 e. The van der Waals surface area contributed by atoms with Crippen LogP contribution in [0, 0.1) is 11.6 Å². The van der Waals surface area contributed by atoms with Gasteiger partial charge in [-0.15, -0.1) is 0 Å². The minimum absolute atomic E-state index is 0.416.